The first-order valence-electron chi connectivity index (χ1n) is 9.81. The second-order valence-corrected chi connectivity index (χ2v) is 8.60. The van der Waals surface area contributed by atoms with Crippen molar-refractivity contribution < 1.29 is 19.0 Å². The molecule has 0 spiro atoms. The van der Waals surface area contributed by atoms with Gasteiger partial charge in [0.05, 0.1) is 4.92 Å². The number of rotatable bonds is 7. The van der Waals surface area contributed by atoms with Gasteiger partial charge < -0.3 is 14.2 Å². The number of nitrogens with zero attached hydrogens (tertiary/aromatic N) is 4. The Labute approximate surface area is 190 Å². The molecule has 0 unspecified atom stereocenters. The normalized spacial score (nSPS) is 11.3. The first-order valence-corrected chi connectivity index (χ1v) is 10.2. The summed E-state index contributed by atoms with van der Waals surface area (Å²) in [6, 6.07) is 11.4. The van der Waals surface area contributed by atoms with Crippen LogP contribution in [0.15, 0.2) is 47.0 Å². The molecule has 2 aromatic carbocycles. The van der Waals surface area contributed by atoms with Crippen LogP contribution in [-0.4, -0.2) is 38.0 Å². The molecule has 0 saturated carbocycles. The lowest BCUT2D eigenvalue weighted by molar-refractivity contribution is -0.385. The SMILES string of the molecule is Cc1cc(OCC(=O)N(Cc2nc(-c3ccc(Cl)cc3)no2)C(C)(C)C)ccc1[N+](=O)[O-]. The number of nitro groups is 1. The molecule has 3 aromatic rings. The molecule has 1 heterocycles. The standard InChI is InChI=1S/C22H23ClN4O5/c1-14-11-17(9-10-18(14)27(29)30)31-13-20(28)26(22(2,3)4)12-19-24-21(25-32-19)15-5-7-16(23)8-6-15/h5-11H,12-13H2,1-4H3. The summed E-state index contributed by atoms with van der Waals surface area (Å²) in [4.78, 5) is 29.4. The summed E-state index contributed by atoms with van der Waals surface area (Å²) < 4.78 is 10.9. The van der Waals surface area contributed by atoms with E-state index in [4.69, 9.17) is 20.9 Å². The first kappa shape index (κ1) is 23.2. The largest absolute Gasteiger partial charge is 0.484 e. The molecule has 1 aromatic heterocycles. The smallest absolute Gasteiger partial charge is 0.272 e. The van der Waals surface area contributed by atoms with Crippen LogP contribution < -0.4 is 4.74 Å². The zero-order chi connectivity index (χ0) is 23.5. The highest BCUT2D eigenvalue weighted by atomic mass is 35.5. The predicted molar refractivity (Wildman–Crippen MR) is 118 cm³/mol. The summed E-state index contributed by atoms with van der Waals surface area (Å²) in [6.45, 7) is 7.13. The monoisotopic (exact) mass is 458 g/mol. The molecular weight excluding hydrogens is 436 g/mol. The third-order valence-corrected chi connectivity index (χ3v) is 4.95. The van der Waals surface area contributed by atoms with Crippen molar-refractivity contribution in [1.29, 1.82) is 0 Å². The molecule has 0 atom stereocenters. The Balaban J connectivity index is 1.70. The van der Waals surface area contributed by atoms with Gasteiger partial charge in [0.1, 0.15) is 12.3 Å². The van der Waals surface area contributed by atoms with Crippen LogP contribution in [0.1, 0.15) is 32.2 Å². The van der Waals surface area contributed by atoms with E-state index >= 15 is 0 Å². The van der Waals surface area contributed by atoms with E-state index < -0.39 is 10.5 Å². The number of aryl methyl sites for hydroxylation is 1. The zero-order valence-electron chi connectivity index (χ0n) is 18.2. The molecule has 168 valence electrons. The Bertz CT molecular complexity index is 1120. The van der Waals surface area contributed by atoms with Crippen LogP contribution in [0.5, 0.6) is 5.75 Å². The summed E-state index contributed by atoms with van der Waals surface area (Å²) in [5, 5.41) is 15.5. The van der Waals surface area contributed by atoms with Crippen molar-refractivity contribution in [2.24, 2.45) is 0 Å². The average Bonchev–Trinajstić information content (AvgIpc) is 3.18. The number of halogens is 1. The van der Waals surface area contributed by atoms with Crippen LogP contribution >= 0.6 is 11.6 Å². The second kappa shape index (κ2) is 9.35. The summed E-state index contributed by atoms with van der Waals surface area (Å²) in [5.74, 6) is 0.762. The third-order valence-electron chi connectivity index (χ3n) is 4.70. The van der Waals surface area contributed by atoms with Crippen LogP contribution in [0.3, 0.4) is 0 Å². The fraction of sp³-hybridized carbons (Fsp3) is 0.318. The van der Waals surface area contributed by atoms with Crippen LogP contribution in [0, 0.1) is 17.0 Å². The molecule has 10 heteroatoms. The quantitative estimate of drug-likeness (QED) is 0.368. The van der Waals surface area contributed by atoms with Crippen molar-refractivity contribution >= 4 is 23.2 Å². The molecule has 1 amide bonds. The molecule has 0 N–H and O–H groups in total. The Morgan fingerprint density at radius 2 is 1.91 bits per heavy atom. The number of hydrogen-bond donors (Lipinski definition) is 0. The lowest BCUT2D eigenvalue weighted by Gasteiger charge is -2.34. The highest BCUT2D eigenvalue weighted by Gasteiger charge is 2.29. The topological polar surface area (TPSA) is 112 Å². The number of ether oxygens (including phenoxy) is 1. The Hall–Kier alpha value is -3.46. The lowest BCUT2D eigenvalue weighted by atomic mass is 10.1. The average molecular weight is 459 g/mol. The van der Waals surface area contributed by atoms with Gasteiger partial charge in [-0.05, 0) is 64.1 Å². The summed E-state index contributed by atoms with van der Waals surface area (Å²) in [5.41, 5.74) is 0.650. The maximum absolute atomic E-state index is 12.9. The Morgan fingerprint density at radius 1 is 1.22 bits per heavy atom. The maximum Gasteiger partial charge on any atom is 0.272 e. The predicted octanol–water partition coefficient (Wildman–Crippen LogP) is 4.81. The van der Waals surface area contributed by atoms with E-state index in [0.29, 0.717) is 22.2 Å². The fourth-order valence-corrected chi connectivity index (χ4v) is 3.14. The van der Waals surface area contributed by atoms with E-state index in [1.807, 2.05) is 20.8 Å². The van der Waals surface area contributed by atoms with E-state index in [1.165, 1.54) is 18.2 Å². The molecule has 9 nitrogen and oxygen atoms in total. The van der Waals surface area contributed by atoms with Gasteiger partial charge >= 0.3 is 0 Å². The van der Waals surface area contributed by atoms with Crippen LogP contribution in [0.2, 0.25) is 5.02 Å². The Kier molecular flexibility index (Phi) is 6.78. The molecule has 0 aliphatic heterocycles. The van der Waals surface area contributed by atoms with Crippen LogP contribution in [-0.2, 0) is 11.3 Å². The maximum atomic E-state index is 12.9. The van der Waals surface area contributed by atoms with Gasteiger partial charge in [0.15, 0.2) is 6.61 Å². The van der Waals surface area contributed by atoms with Gasteiger partial charge in [0, 0.05) is 27.8 Å². The minimum absolute atomic E-state index is 0.00659. The Morgan fingerprint density at radius 3 is 2.50 bits per heavy atom. The molecule has 0 fully saturated rings. The van der Waals surface area contributed by atoms with E-state index in [-0.39, 0.29) is 30.6 Å². The van der Waals surface area contributed by atoms with Gasteiger partial charge in [0.2, 0.25) is 11.7 Å². The minimum Gasteiger partial charge on any atom is -0.484 e. The van der Waals surface area contributed by atoms with Crippen molar-refractivity contribution in [2.75, 3.05) is 6.61 Å². The molecular formula is C22H23ClN4O5. The zero-order valence-corrected chi connectivity index (χ0v) is 18.9. The van der Waals surface area contributed by atoms with E-state index in [2.05, 4.69) is 10.1 Å². The molecule has 3 rings (SSSR count). The number of aromatic nitrogens is 2. The van der Waals surface area contributed by atoms with Gasteiger partial charge in [-0.15, -0.1) is 0 Å². The number of amides is 1. The highest BCUT2D eigenvalue weighted by molar-refractivity contribution is 6.30. The van der Waals surface area contributed by atoms with Crippen molar-refractivity contribution in [2.45, 2.75) is 39.8 Å². The minimum atomic E-state index is -0.541. The van der Waals surface area contributed by atoms with Crippen molar-refractivity contribution in [1.82, 2.24) is 15.0 Å². The number of benzene rings is 2. The molecule has 0 aliphatic carbocycles. The van der Waals surface area contributed by atoms with Gasteiger partial charge in [-0.25, -0.2) is 0 Å². The number of carbonyl (C=O) groups is 1. The van der Waals surface area contributed by atoms with Gasteiger partial charge in [-0.2, -0.15) is 4.98 Å². The summed E-state index contributed by atoms with van der Waals surface area (Å²) in [7, 11) is 0. The number of nitro benzene ring substituents is 1. The number of carbonyl (C=O) groups excluding carboxylic acids is 1. The van der Waals surface area contributed by atoms with E-state index in [0.717, 1.165) is 5.56 Å². The fourth-order valence-electron chi connectivity index (χ4n) is 3.02. The third kappa shape index (κ3) is 5.61. The van der Waals surface area contributed by atoms with Gasteiger partial charge in [-0.3, -0.25) is 14.9 Å². The van der Waals surface area contributed by atoms with Crippen LogP contribution in [0.25, 0.3) is 11.4 Å². The second-order valence-electron chi connectivity index (χ2n) is 8.16. The first-order chi connectivity index (χ1) is 15.0. The van der Waals surface area contributed by atoms with Gasteiger partial charge in [0.25, 0.3) is 11.6 Å². The lowest BCUT2D eigenvalue weighted by Crippen LogP contribution is -2.47. The molecule has 0 radical (unpaired) electrons. The van der Waals surface area contributed by atoms with Crippen molar-refractivity contribution in [3.63, 3.8) is 0 Å². The van der Waals surface area contributed by atoms with E-state index in [1.54, 1.807) is 36.1 Å². The molecule has 0 aliphatic rings. The van der Waals surface area contributed by atoms with Crippen LogP contribution in [0.4, 0.5) is 5.69 Å². The van der Waals surface area contributed by atoms with Crippen molar-refractivity contribution in [3.05, 3.63) is 69.1 Å². The van der Waals surface area contributed by atoms with Gasteiger partial charge in [-0.1, -0.05) is 16.8 Å². The summed E-state index contributed by atoms with van der Waals surface area (Å²) in [6.07, 6.45) is 0. The number of hydrogen-bond acceptors (Lipinski definition) is 7. The molecule has 32 heavy (non-hydrogen) atoms. The van der Waals surface area contributed by atoms with Crippen molar-refractivity contribution in [3.8, 4) is 17.1 Å². The highest BCUT2D eigenvalue weighted by Crippen LogP contribution is 2.24. The van der Waals surface area contributed by atoms with E-state index in [9.17, 15) is 14.9 Å². The summed E-state index contributed by atoms with van der Waals surface area (Å²) >= 11 is 5.91. The molecule has 0 saturated heterocycles. The molecule has 0 bridgehead atoms.